The lowest BCUT2D eigenvalue weighted by molar-refractivity contribution is 0.771. The smallest absolute Gasteiger partial charge is 0.186 e. The fourth-order valence-electron chi connectivity index (χ4n) is 2.62. The van der Waals surface area contributed by atoms with Crippen molar-refractivity contribution >= 4 is 0 Å². The summed E-state index contributed by atoms with van der Waals surface area (Å²) in [6.45, 7) is 4.10. The number of aryl methyl sites for hydroxylation is 2. The maximum atomic E-state index is 9.30. The highest BCUT2D eigenvalue weighted by atomic mass is 15.4. The molecule has 3 rings (SSSR count). The maximum absolute atomic E-state index is 9.30. The molecule has 0 amide bonds. The fourth-order valence-corrected chi connectivity index (χ4v) is 2.62. The van der Waals surface area contributed by atoms with Crippen LogP contribution in [-0.2, 0) is 6.42 Å². The van der Waals surface area contributed by atoms with Crippen molar-refractivity contribution in [2.45, 2.75) is 20.3 Å². The number of benzene rings is 2. The van der Waals surface area contributed by atoms with Gasteiger partial charge in [-0.05, 0) is 42.7 Å². The second-order valence-electron chi connectivity index (χ2n) is 5.42. The van der Waals surface area contributed by atoms with Gasteiger partial charge in [0.05, 0.1) is 11.4 Å². The Morgan fingerprint density at radius 1 is 1.05 bits per heavy atom. The Morgan fingerprint density at radius 2 is 1.73 bits per heavy atom. The first-order valence-electron chi connectivity index (χ1n) is 7.14. The molecule has 108 valence electrons. The first-order valence-corrected chi connectivity index (χ1v) is 7.14. The molecule has 2 aromatic carbocycles. The standard InChI is InChI=1S/C18H16N4/c1-13-8-14(2)10-16(9-13)22-18(17(12-19)20-21-22)11-15-6-4-3-5-7-15/h3-10H,11H2,1-2H3. The average molecular weight is 288 g/mol. The molecule has 1 heterocycles. The van der Waals surface area contributed by atoms with Crippen molar-refractivity contribution in [1.29, 1.82) is 5.26 Å². The summed E-state index contributed by atoms with van der Waals surface area (Å²) in [7, 11) is 0. The van der Waals surface area contributed by atoms with Gasteiger partial charge in [-0.15, -0.1) is 5.10 Å². The second-order valence-corrected chi connectivity index (χ2v) is 5.42. The van der Waals surface area contributed by atoms with Crippen LogP contribution in [0.15, 0.2) is 48.5 Å². The van der Waals surface area contributed by atoms with Crippen molar-refractivity contribution in [3.05, 3.63) is 76.6 Å². The molecule has 0 unspecified atom stereocenters. The predicted molar refractivity (Wildman–Crippen MR) is 84.8 cm³/mol. The minimum Gasteiger partial charge on any atom is -0.216 e. The van der Waals surface area contributed by atoms with Crippen LogP contribution in [0, 0.1) is 25.2 Å². The quantitative estimate of drug-likeness (QED) is 0.742. The highest BCUT2D eigenvalue weighted by molar-refractivity contribution is 5.42. The van der Waals surface area contributed by atoms with E-state index in [1.54, 1.807) is 4.68 Å². The third-order valence-corrected chi connectivity index (χ3v) is 3.53. The van der Waals surface area contributed by atoms with Gasteiger partial charge in [0.25, 0.3) is 0 Å². The summed E-state index contributed by atoms with van der Waals surface area (Å²) in [5.41, 5.74) is 5.59. The molecule has 1 aromatic heterocycles. The van der Waals surface area contributed by atoms with E-state index >= 15 is 0 Å². The van der Waals surface area contributed by atoms with E-state index in [9.17, 15) is 5.26 Å². The first-order chi connectivity index (χ1) is 10.7. The molecule has 0 fully saturated rings. The molecule has 0 aliphatic carbocycles. The Hall–Kier alpha value is -2.93. The second kappa shape index (κ2) is 5.82. The van der Waals surface area contributed by atoms with Crippen molar-refractivity contribution in [1.82, 2.24) is 15.0 Å². The number of nitrogens with zero attached hydrogens (tertiary/aromatic N) is 4. The average Bonchev–Trinajstić information content (AvgIpc) is 2.90. The van der Waals surface area contributed by atoms with Crippen molar-refractivity contribution in [3.63, 3.8) is 0 Å². The zero-order valence-corrected chi connectivity index (χ0v) is 12.6. The van der Waals surface area contributed by atoms with E-state index in [4.69, 9.17) is 0 Å². The van der Waals surface area contributed by atoms with Gasteiger partial charge in [-0.25, -0.2) is 4.68 Å². The Labute approximate surface area is 129 Å². The summed E-state index contributed by atoms with van der Waals surface area (Å²) in [6.07, 6.45) is 0.629. The van der Waals surface area contributed by atoms with Crippen molar-refractivity contribution in [3.8, 4) is 11.8 Å². The summed E-state index contributed by atoms with van der Waals surface area (Å²) in [5, 5.41) is 17.5. The van der Waals surface area contributed by atoms with Crippen LogP contribution in [0.2, 0.25) is 0 Å². The molecule has 0 saturated heterocycles. The van der Waals surface area contributed by atoms with Crippen LogP contribution in [0.3, 0.4) is 0 Å². The van der Waals surface area contributed by atoms with E-state index in [0.29, 0.717) is 12.1 Å². The van der Waals surface area contributed by atoms with Crippen LogP contribution >= 0.6 is 0 Å². The molecule has 22 heavy (non-hydrogen) atoms. The van der Waals surface area contributed by atoms with E-state index < -0.39 is 0 Å². The monoisotopic (exact) mass is 288 g/mol. The minimum absolute atomic E-state index is 0.378. The molecule has 0 bridgehead atoms. The van der Waals surface area contributed by atoms with Gasteiger partial charge < -0.3 is 0 Å². The molecule has 4 nitrogen and oxygen atoms in total. The van der Waals surface area contributed by atoms with Gasteiger partial charge in [-0.2, -0.15) is 5.26 Å². The fraction of sp³-hybridized carbons (Fsp3) is 0.167. The zero-order chi connectivity index (χ0) is 15.5. The zero-order valence-electron chi connectivity index (χ0n) is 12.6. The van der Waals surface area contributed by atoms with E-state index in [-0.39, 0.29) is 0 Å². The summed E-state index contributed by atoms with van der Waals surface area (Å²) >= 11 is 0. The molecule has 0 aliphatic rings. The maximum Gasteiger partial charge on any atom is 0.186 e. The Morgan fingerprint density at radius 3 is 2.36 bits per heavy atom. The predicted octanol–water partition coefficient (Wildman–Crippen LogP) is 3.35. The van der Waals surface area contributed by atoms with Gasteiger partial charge in [-0.1, -0.05) is 41.6 Å². The molecule has 0 atom stereocenters. The SMILES string of the molecule is Cc1cc(C)cc(-n2nnc(C#N)c2Cc2ccccc2)c1. The summed E-state index contributed by atoms with van der Waals surface area (Å²) in [5.74, 6) is 0. The van der Waals surface area contributed by atoms with Gasteiger partial charge in [-0.3, -0.25) is 0 Å². The van der Waals surface area contributed by atoms with Crippen LogP contribution in [0.5, 0.6) is 0 Å². The van der Waals surface area contributed by atoms with Gasteiger partial charge in [0.15, 0.2) is 5.69 Å². The minimum atomic E-state index is 0.378. The third-order valence-electron chi connectivity index (χ3n) is 3.53. The first kappa shape index (κ1) is 14.0. The van der Waals surface area contributed by atoms with Crippen molar-refractivity contribution < 1.29 is 0 Å². The number of hydrogen-bond acceptors (Lipinski definition) is 3. The Balaban J connectivity index is 2.09. The van der Waals surface area contributed by atoms with E-state index in [0.717, 1.165) is 28.1 Å². The van der Waals surface area contributed by atoms with E-state index in [2.05, 4.69) is 48.4 Å². The summed E-state index contributed by atoms with van der Waals surface area (Å²) < 4.78 is 1.77. The molecule has 0 spiro atoms. The topological polar surface area (TPSA) is 54.5 Å². The van der Waals surface area contributed by atoms with Crippen molar-refractivity contribution in [2.75, 3.05) is 0 Å². The van der Waals surface area contributed by atoms with Crippen LogP contribution in [0.4, 0.5) is 0 Å². The highest BCUT2D eigenvalue weighted by Gasteiger charge is 2.15. The van der Waals surface area contributed by atoms with Crippen LogP contribution in [-0.4, -0.2) is 15.0 Å². The van der Waals surface area contributed by atoms with Gasteiger partial charge in [0.1, 0.15) is 6.07 Å². The highest BCUT2D eigenvalue weighted by Crippen LogP contribution is 2.19. The number of hydrogen-bond donors (Lipinski definition) is 0. The molecular weight excluding hydrogens is 272 g/mol. The van der Waals surface area contributed by atoms with Gasteiger partial charge >= 0.3 is 0 Å². The number of rotatable bonds is 3. The van der Waals surface area contributed by atoms with Gasteiger partial charge in [0.2, 0.25) is 0 Å². The molecule has 0 saturated carbocycles. The van der Waals surface area contributed by atoms with Crippen LogP contribution < -0.4 is 0 Å². The largest absolute Gasteiger partial charge is 0.216 e. The normalized spacial score (nSPS) is 10.4. The third kappa shape index (κ3) is 2.75. The molecule has 0 aliphatic heterocycles. The Kier molecular flexibility index (Phi) is 3.71. The molecule has 3 aromatic rings. The Bertz CT molecular complexity index is 821. The lowest BCUT2D eigenvalue weighted by atomic mass is 10.1. The summed E-state index contributed by atoms with van der Waals surface area (Å²) in [6, 6.07) is 18.4. The lowest BCUT2D eigenvalue weighted by Gasteiger charge is -2.09. The van der Waals surface area contributed by atoms with Crippen LogP contribution in [0.1, 0.15) is 28.1 Å². The number of nitriles is 1. The van der Waals surface area contributed by atoms with E-state index in [1.807, 2.05) is 30.3 Å². The molecule has 4 heteroatoms. The number of aromatic nitrogens is 3. The van der Waals surface area contributed by atoms with Gasteiger partial charge in [0, 0.05) is 6.42 Å². The summed E-state index contributed by atoms with van der Waals surface area (Å²) in [4.78, 5) is 0. The lowest BCUT2D eigenvalue weighted by Crippen LogP contribution is -2.05. The van der Waals surface area contributed by atoms with Crippen LogP contribution in [0.25, 0.3) is 5.69 Å². The molecule has 0 N–H and O–H groups in total. The molecule has 0 radical (unpaired) electrons. The van der Waals surface area contributed by atoms with Crippen molar-refractivity contribution in [2.24, 2.45) is 0 Å². The molecular formula is C18H16N4. The van der Waals surface area contributed by atoms with E-state index in [1.165, 1.54) is 0 Å².